The van der Waals surface area contributed by atoms with Gasteiger partial charge < -0.3 is 14.1 Å². The fourth-order valence-corrected chi connectivity index (χ4v) is 2.54. The van der Waals surface area contributed by atoms with E-state index >= 15 is 0 Å². The highest BCUT2D eigenvalue weighted by atomic mass is 19.4. The Balaban J connectivity index is 2.26. The van der Waals surface area contributed by atoms with Crippen LogP contribution in [0.5, 0.6) is 0 Å². The molecule has 0 aliphatic carbocycles. The van der Waals surface area contributed by atoms with Gasteiger partial charge in [0.2, 0.25) is 0 Å². The topological polar surface area (TPSA) is 30.0 Å². The molecule has 0 amide bonds. The van der Waals surface area contributed by atoms with Gasteiger partial charge in [0.25, 0.3) is 0 Å². The van der Waals surface area contributed by atoms with Crippen molar-refractivity contribution >= 4 is 11.4 Å². The molecule has 4 nitrogen and oxygen atoms in total. The lowest BCUT2D eigenvalue weighted by molar-refractivity contribution is -0.177. The summed E-state index contributed by atoms with van der Waals surface area (Å²) >= 11 is 0. The van der Waals surface area contributed by atoms with E-state index < -0.39 is 61.8 Å². The number of benzene rings is 1. The Morgan fingerprint density at radius 1 is 0.903 bits per heavy atom. The van der Waals surface area contributed by atoms with Crippen LogP contribution in [0.2, 0.25) is 0 Å². The Morgan fingerprint density at radius 2 is 1.55 bits per heavy atom. The molecule has 1 aromatic carbocycles. The van der Waals surface area contributed by atoms with Crippen molar-refractivity contribution < 1.29 is 48.7 Å². The van der Waals surface area contributed by atoms with Crippen LogP contribution in [0.25, 0.3) is 4.85 Å². The van der Waals surface area contributed by atoms with Crippen LogP contribution in [0.4, 0.5) is 50.9 Å². The number of anilines is 1. The second-order valence-corrected chi connectivity index (χ2v) is 6.26. The van der Waals surface area contributed by atoms with Crippen molar-refractivity contribution in [1.29, 1.82) is 0 Å². The first kappa shape index (κ1) is 24.4. The van der Waals surface area contributed by atoms with Crippen LogP contribution in [-0.2, 0) is 24.1 Å². The molecule has 13 heteroatoms. The molecule has 2 aromatic rings. The smallest absolute Gasteiger partial charge is 0.411 e. The Kier molecular flexibility index (Phi) is 7.15. The average Bonchev–Trinajstić information content (AvgIpc) is 3.05. The SMILES string of the molecule is [C-]#[N+]c1ccc(N(Cc2ccc(COCC(F)(F)F)o2)CC(F)(F)F)cc1C(F)(F)F. The minimum Gasteiger partial charge on any atom is -0.462 e. The Morgan fingerprint density at radius 3 is 2.10 bits per heavy atom. The number of hydrogen-bond acceptors (Lipinski definition) is 3. The van der Waals surface area contributed by atoms with E-state index in [-0.39, 0.29) is 11.5 Å². The number of rotatable bonds is 7. The van der Waals surface area contributed by atoms with Crippen molar-refractivity contribution in [3.05, 3.63) is 58.8 Å². The van der Waals surface area contributed by atoms with Crippen LogP contribution in [0.1, 0.15) is 17.1 Å². The molecule has 0 unspecified atom stereocenters. The van der Waals surface area contributed by atoms with Crippen molar-refractivity contribution in [3.63, 3.8) is 0 Å². The molecule has 0 spiro atoms. The van der Waals surface area contributed by atoms with Gasteiger partial charge in [-0.1, -0.05) is 6.07 Å². The molecule has 0 saturated heterocycles. The van der Waals surface area contributed by atoms with E-state index in [4.69, 9.17) is 11.0 Å². The van der Waals surface area contributed by atoms with Gasteiger partial charge in [-0.2, -0.15) is 39.5 Å². The summed E-state index contributed by atoms with van der Waals surface area (Å²) in [6.07, 6.45) is -14.3. The summed E-state index contributed by atoms with van der Waals surface area (Å²) in [5, 5.41) is 0. The molecule has 0 bridgehead atoms. The number of alkyl halides is 9. The van der Waals surface area contributed by atoms with Gasteiger partial charge in [-0.05, 0) is 24.3 Å². The predicted octanol–water partition coefficient (Wildman–Crippen LogP) is 6.50. The molecule has 170 valence electrons. The highest BCUT2D eigenvalue weighted by Gasteiger charge is 2.36. The van der Waals surface area contributed by atoms with E-state index in [2.05, 4.69) is 9.58 Å². The van der Waals surface area contributed by atoms with Gasteiger partial charge in [0, 0.05) is 5.69 Å². The Hall–Kier alpha value is -2.88. The third kappa shape index (κ3) is 7.71. The summed E-state index contributed by atoms with van der Waals surface area (Å²) in [6.45, 7) is 2.37. The van der Waals surface area contributed by atoms with E-state index in [0.717, 1.165) is 12.1 Å². The van der Waals surface area contributed by atoms with Crippen LogP contribution in [0.15, 0.2) is 34.7 Å². The van der Waals surface area contributed by atoms with E-state index in [1.54, 1.807) is 0 Å². The highest BCUT2D eigenvalue weighted by molar-refractivity contribution is 5.62. The largest absolute Gasteiger partial charge is 0.462 e. The molecule has 0 atom stereocenters. The summed E-state index contributed by atoms with van der Waals surface area (Å²) in [5.74, 6) is -0.247. The standard InChI is InChI=1S/C18H13F9N2O2/c1-28-15-5-2-11(6-14(15)18(25,26)27)29(9-16(19,20)21)7-12-3-4-13(31-12)8-30-10-17(22,23)24/h2-6H,7-10H2. The molecule has 0 aliphatic heterocycles. The van der Waals surface area contributed by atoms with Gasteiger partial charge in [-0.15, -0.1) is 0 Å². The minimum atomic E-state index is -4.96. The molecule has 1 aromatic heterocycles. The van der Waals surface area contributed by atoms with Crippen molar-refractivity contribution in [2.75, 3.05) is 18.1 Å². The molecule has 31 heavy (non-hydrogen) atoms. The van der Waals surface area contributed by atoms with Gasteiger partial charge in [-0.25, -0.2) is 4.85 Å². The molecule has 1 heterocycles. The summed E-state index contributed by atoms with van der Waals surface area (Å²) in [7, 11) is 0. The van der Waals surface area contributed by atoms with Crippen molar-refractivity contribution in [2.24, 2.45) is 0 Å². The number of ether oxygens (including phenoxy) is 1. The monoisotopic (exact) mass is 460 g/mol. The zero-order chi connectivity index (χ0) is 23.4. The summed E-state index contributed by atoms with van der Waals surface area (Å²) in [5.41, 5.74) is -2.64. The maximum absolute atomic E-state index is 13.2. The summed E-state index contributed by atoms with van der Waals surface area (Å²) in [6, 6.07) is 4.47. The molecule has 0 fully saturated rings. The van der Waals surface area contributed by atoms with Crippen LogP contribution in [-0.4, -0.2) is 25.5 Å². The normalized spacial score (nSPS) is 12.6. The van der Waals surface area contributed by atoms with Crippen LogP contribution in [0, 0.1) is 6.57 Å². The number of nitrogens with zero attached hydrogens (tertiary/aromatic N) is 2. The maximum Gasteiger partial charge on any atom is 0.411 e. The van der Waals surface area contributed by atoms with Crippen molar-refractivity contribution in [2.45, 2.75) is 31.7 Å². The van der Waals surface area contributed by atoms with E-state index in [1.807, 2.05) is 0 Å². The first-order valence-electron chi connectivity index (χ1n) is 8.30. The van der Waals surface area contributed by atoms with E-state index in [1.165, 1.54) is 12.1 Å². The van der Waals surface area contributed by atoms with Crippen LogP contribution in [0.3, 0.4) is 0 Å². The minimum absolute atomic E-state index is 0.106. The fourth-order valence-electron chi connectivity index (χ4n) is 2.54. The Bertz CT molecular complexity index is 924. The molecule has 0 saturated carbocycles. The fraction of sp³-hybridized carbons (Fsp3) is 0.389. The number of hydrogen-bond donors (Lipinski definition) is 0. The second-order valence-electron chi connectivity index (χ2n) is 6.26. The second kappa shape index (κ2) is 9.09. The molecule has 0 N–H and O–H groups in total. The maximum atomic E-state index is 13.2. The summed E-state index contributed by atoms with van der Waals surface area (Å²) < 4.78 is 124. The van der Waals surface area contributed by atoms with Gasteiger partial charge >= 0.3 is 18.5 Å². The number of halogens is 9. The quantitative estimate of drug-likeness (QED) is 0.349. The number of furan rings is 1. The third-order valence-corrected chi connectivity index (χ3v) is 3.72. The molecule has 2 rings (SSSR count). The lowest BCUT2D eigenvalue weighted by Crippen LogP contribution is -2.33. The van der Waals surface area contributed by atoms with Crippen molar-refractivity contribution in [3.8, 4) is 0 Å². The zero-order valence-electron chi connectivity index (χ0n) is 15.3. The highest BCUT2D eigenvalue weighted by Crippen LogP contribution is 2.39. The average molecular weight is 460 g/mol. The van der Waals surface area contributed by atoms with Gasteiger partial charge in [0.15, 0.2) is 5.69 Å². The first-order valence-corrected chi connectivity index (χ1v) is 8.30. The molecular weight excluding hydrogens is 447 g/mol. The summed E-state index contributed by atoms with van der Waals surface area (Å²) in [4.78, 5) is 3.27. The molecule has 0 aliphatic rings. The third-order valence-electron chi connectivity index (χ3n) is 3.72. The lowest BCUT2D eigenvalue weighted by Gasteiger charge is -2.26. The first-order chi connectivity index (χ1) is 14.2. The van der Waals surface area contributed by atoms with Gasteiger partial charge in [0.1, 0.15) is 31.3 Å². The Labute approximate surface area is 169 Å². The van der Waals surface area contributed by atoms with Gasteiger partial charge in [0.05, 0.1) is 18.7 Å². The molecule has 0 radical (unpaired) electrons. The lowest BCUT2D eigenvalue weighted by atomic mass is 10.1. The van der Waals surface area contributed by atoms with Crippen LogP contribution < -0.4 is 4.90 Å². The van der Waals surface area contributed by atoms with Crippen LogP contribution >= 0.6 is 0 Å². The van der Waals surface area contributed by atoms with E-state index in [0.29, 0.717) is 11.0 Å². The molecular formula is C18H13F9N2O2. The zero-order valence-corrected chi connectivity index (χ0v) is 15.3. The predicted molar refractivity (Wildman–Crippen MR) is 89.2 cm³/mol. The van der Waals surface area contributed by atoms with Gasteiger partial charge in [-0.3, -0.25) is 0 Å². The van der Waals surface area contributed by atoms with Crippen molar-refractivity contribution in [1.82, 2.24) is 0 Å². The van der Waals surface area contributed by atoms with E-state index in [9.17, 15) is 39.5 Å².